The summed E-state index contributed by atoms with van der Waals surface area (Å²) in [5.74, 6) is 0.611. The third-order valence-electron chi connectivity index (χ3n) is 3.14. The number of anilines is 1. The van der Waals surface area contributed by atoms with E-state index < -0.39 is 6.10 Å². The van der Waals surface area contributed by atoms with Gasteiger partial charge in [-0.25, -0.2) is 0 Å². The van der Waals surface area contributed by atoms with Gasteiger partial charge in [0.2, 0.25) is 0 Å². The summed E-state index contributed by atoms with van der Waals surface area (Å²) in [6.45, 7) is 4.39. The number of aliphatic hydroxyl groups is 1. The van der Waals surface area contributed by atoms with Crippen LogP contribution in [-0.4, -0.2) is 5.11 Å². The van der Waals surface area contributed by atoms with Crippen LogP contribution in [0.3, 0.4) is 0 Å². The van der Waals surface area contributed by atoms with E-state index >= 15 is 0 Å². The van der Waals surface area contributed by atoms with Crippen LogP contribution >= 0.6 is 0 Å². The van der Waals surface area contributed by atoms with Gasteiger partial charge in [0.25, 0.3) is 0 Å². The minimum absolute atomic E-state index is 0.611. The number of hydrogen-bond donors (Lipinski definition) is 2. The van der Waals surface area contributed by atoms with Gasteiger partial charge in [0.15, 0.2) is 0 Å². The molecule has 1 unspecified atom stereocenters. The fraction of sp³-hybridized carbons (Fsp3) is 0.294. The molecule has 2 aromatic rings. The fourth-order valence-electron chi connectivity index (χ4n) is 2.28. The molecule has 0 bridgehead atoms. The van der Waals surface area contributed by atoms with E-state index in [0.29, 0.717) is 11.6 Å². The maximum atomic E-state index is 10.4. The normalized spacial score (nSPS) is 12.6. The summed E-state index contributed by atoms with van der Waals surface area (Å²) >= 11 is 0. The van der Waals surface area contributed by atoms with E-state index in [1.54, 1.807) is 0 Å². The van der Waals surface area contributed by atoms with E-state index in [2.05, 4.69) is 26.0 Å². The maximum Gasteiger partial charge on any atom is 0.104 e. The second-order valence-corrected chi connectivity index (χ2v) is 5.42. The standard InChI is InChI=1S/C17H21NO/c1-12(2)9-13-5-3-6-14(10-13)17(19)15-7-4-8-16(18)11-15/h3-8,10-12,17,19H,9,18H2,1-2H3. The summed E-state index contributed by atoms with van der Waals surface area (Å²) in [6.07, 6.45) is 0.410. The summed E-state index contributed by atoms with van der Waals surface area (Å²) in [5.41, 5.74) is 9.45. The Bertz CT molecular complexity index is 548. The van der Waals surface area contributed by atoms with Gasteiger partial charge in [-0.15, -0.1) is 0 Å². The number of benzene rings is 2. The topological polar surface area (TPSA) is 46.2 Å². The molecule has 2 rings (SSSR count). The first-order chi connectivity index (χ1) is 9.06. The average Bonchev–Trinajstić information content (AvgIpc) is 2.37. The largest absolute Gasteiger partial charge is 0.399 e. The molecule has 0 fully saturated rings. The molecule has 100 valence electrons. The van der Waals surface area contributed by atoms with Gasteiger partial charge in [0, 0.05) is 5.69 Å². The van der Waals surface area contributed by atoms with Crippen LogP contribution in [0, 0.1) is 5.92 Å². The predicted octanol–water partition coefficient (Wildman–Crippen LogP) is 3.55. The summed E-state index contributed by atoms with van der Waals surface area (Å²) in [7, 11) is 0. The van der Waals surface area contributed by atoms with Crippen molar-refractivity contribution in [1.29, 1.82) is 0 Å². The molecule has 2 nitrogen and oxygen atoms in total. The number of nitrogens with two attached hydrogens (primary N) is 1. The van der Waals surface area contributed by atoms with Crippen LogP contribution in [0.1, 0.15) is 36.6 Å². The van der Waals surface area contributed by atoms with Gasteiger partial charge in [0.05, 0.1) is 0 Å². The van der Waals surface area contributed by atoms with Crippen LogP contribution in [0.25, 0.3) is 0 Å². The summed E-state index contributed by atoms with van der Waals surface area (Å²) in [5, 5.41) is 10.4. The van der Waals surface area contributed by atoms with Gasteiger partial charge in [-0.05, 0) is 41.2 Å². The molecular formula is C17H21NO. The highest BCUT2D eigenvalue weighted by Gasteiger charge is 2.11. The van der Waals surface area contributed by atoms with Crippen LogP contribution < -0.4 is 5.73 Å². The number of hydrogen-bond acceptors (Lipinski definition) is 2. The fourth-order valence-corrected chi connectivity index (χ4v) is 2.28. The molecule has 0 heterocycles. The molecule has 2 aromatic carbocycles. The van der Waals surface area contributed by atoms with Crippen molar-refractivity contribution in [2.45, 2.75) is 26.4 Å². The molecule has 0 saturated carbocycles. The Hall–Kier alpha value is -1.80. The molecule has 19 heavy (non-hydrogen) atoms. The Morgan fingerprint density at radius 2 is 1.63 bits per heavy atom. The van der Waals surface area contributed by atoms with Crippen LogP contribution in [0.5, 0.6) is 0 Å². The van der Waals surface area contributed by atoms with Gasteiger partial charge in [-0.2, -0.15) is 0 Å². The van der Waals surface area contributed by atoms with Crippen molar-refractivity contribution in [3.05, 3.63) is 65.2 Å². The first-order valence-corrected chi connectivity index (χ1v) is 6.68. The van der Waals surface area contributed by atoms with Crippen molar-refractivity contribution in [2.75, 3.05) is 5.73 Å². The van der Waals surface area contributed by atoms with Crippen molar-refractivity contribution in [3.8, 4) is 0 Å². The van der Waals surface area contributed by atoms with Gasteiger partial charge in [-0.1, -0.05) is 50.2 Å². The Morgan fingerprint density at radius 3 is 2.26 bits per heavy atom. The SMILES string of the molecule is CC(C)Cc1cccc(C(O)c2cccc(N)c2)c1. The Morgan fingerprint density at radius 1 is 1.00 bits per heavy atom. The lowest BCUT2D eigenvalue weighted by molar-refractivity contribution is 0.220. The highest BCUT2D eigenvalue weighted by molar-refractivity contribution is 5.43. The average molecular weight is 255 g/mol. The minimum atomic E-state index is -0.615. The van der Waals surface area contributed by atoms with Gasteiger partial charge in [-0.3, -0.25) is 0 Å². The van der Waals surface area contributed by atoms with Crippen molar-refractivity contribution < 1.29 is 5.11 Å². The Labute approximate surface area is 114 Å². The lowest BCUT2D eigenvalue weighted by Crippen LogP contribution is -2.02. The van der Waals surface area contributed by atoms with E-state index in [0.717, 1.165) is 17.5 Å². The summed E-state index contributed by atoms with van der Waals surface area (Å²) < 4.78 is 0. The van der Waals surface area contributed by atoms with Gasteiger partial charge in [0.1, 0.15) is 6.10 Å². The highest BCUT2D eigenvalue weighted by atomic mass is 16.3. The van der Waals surface area contributed by atoms with E-state index in [1.807, 2.05) is 36.4 Å². The zero-order valence-corrected chi connectivity index (χ0v) is 11.5. The first kappa shape index (κ1) is 13.6. The van der Waals surface area contributed by atoms with Gasteiger partial charge >= 0.3 is 0 Å². The van der Waals surface area contributed by atoms with E-state index in [-0.39, 0.29) is 0 Å². The second-order valence-electron chi connectivity index (χ2n) is 5.42. The highest BCUT2D eigenvalue weighted by Crippen LogP contribution is 2.24. The Balaban J connectivity index is 2.26. The smallest absolute Gasteiger partial charge is 0.104 e. The second kappa shape index (κ2) is 5.89. The van der Waals surface area contributed by atoms with E-state index in [9.17, 15) is 5.11 Å². The van der Waals surface area contributed by atoms with E-state index in [1.165, 1.54) is 5.56 Å². The molecule has 0 amide bonds. The molecule has 1 atom stereocenters. The molecule has 2 heteroatoms. The zero-order valence-electron chi connectivity index (χ0n) is 11.5. The Kier molecular flexibility index (Phi) is 4.23. The van der Waals surface area contributed by atoms with Crippen LogP contribution in [0.4, 0.5) is 5.69 Å². The molecule has 0 aliphatic heterocycles. The molecular weight excluding hydrogens is 234 g/mol. The van der Waals surface area contributed by atoms with Crippen molar-refractivity contribution in [1.82, 2.24) is 0 Å². The molecule has 0 saturated heterocycles. The van der Waals surface area contributed by atoms with Crippen molar-refractivity contribution >= 4 is 5.69 Å². The molecule has 3 N–H and O–H groups in total. The van der Waals surface area contributed by atoms with E-state index in [4.69, 9.17) is 5.73 Å². The van der Waals surface area contributed by atoms with Crippen LogP contribution in [0.15, 0.2) is 48.5 Å². The lowest BCUT2D eigenvalue weighted by atomic mass is 9.96. The summed E-state index contributed by atoms with van der Waals surface area (Å²) in [4.78, 5) is 0. The third-order valence-corrected chi connectivity index (χ3v) is 3.14. The number of rotatable bonds is 4. The molecule has 0 aliphatic rings. The molecule has 0 radical (unpaired) electrons. The number of aliphatic hydroxyl groups excluding tert-OH is 1. The van der Waals surface area contributed by atoms with Crippen LogP contribution in [-0.2, 0) is 6.42 Å². The third kappa shape index (κ3) is 3.58. The summed E-state index contributed by atoms with van der Waals surface area (Å²) in [6, 6.07) is 15.6. The van der Waals surface area contributed by atoms with Crippen molar-refractivity contribution in [3.63, 3.8) is 0 Å². The number of nitrogen functional groups attached to an aromatic ring is 1. The monoisotopic (exact) mass is 255 g/mol. The zero-order chi connectivity index (χ0) is 13.8. The predicted molar refractivity (Wildman–Crippen MR) is 79.9 cm³/mol. The quantitative estimate of drug-likeness (QED) is 0.821. The molecule has 0 spiro atoms. The lowest BCUT2D eigenvalue weighted by Gasteiger charge is -2.14. The first-order valence-electron chi connectivity index (χ1n) is 6.68. The molecule has 0 aliphatic carbocycles. The van der Waals surface area contributed by atoms with Gasteiger partial charge < -0.3 is 10.8 Å². The van der Waals surface area contributed by atoms with Crippen molar-refractivity contribution in [2.24, 2.45) is 5.92 Å². The molecule has 0 aromatic heterocycles. The minimum Gasteiger partial charge on any atom is -0.399 e. The van der Waals surface area contributed by atoms with Crippen LogP contribution in [0.2, 0.25) is 0 Å². The maximum absolute atomic E-state index is 10.4.